The van der Waals surface area contributed by atoms with Crippen LogP contribution in [-0.2, 0) is 14.3 Å². The van der Waals surface area contributed by atoms with E-state index in [2.05, 4.69) is 10.2 Å². The van der Waals surface area contributed by atoms with Crippen LogP contribution in [0.5, 0.6) is 0 Å². The number of hydrogen-bond acceptors (Lipinski definition) is 4. The lowest BCUT2D eigenvalue weighted by molar-refractivity contribution is -0.128. The normalized spacial score (nSPS) is 21.1. The summed E-state index contributed by atoms with van der Waals surface area (Å²) < 4.78 is 19.0. The summed E-state index contributed by atoms with van der Waals surface area (Å²) in [6.07, 6.45) is 1.52. The van der Waals surface area contributed by atoms with Crippen LogP contribution in [0, 0.1) is 11.7 Å². The summed E-state index contributed by atoms with van der Waals surface area (Å²) >= 11 is 0. The van der Waals surface area contributed by atoms with E-state index in [4.69, 9.17) is 4.74 Å². The molecule has 1 atom stereocenters. The van der Waals surface area contributed by atoms with Gasteiger partial charge in [0.1, 0.15) is 5.82 Å². The summed E-state index contributed by atoms with van der Waals surface area (Å²) in [7, 11) is 0. The van der Waals surface area contributed by atoms with E-state index in [0.29, 0.717) is 45.0 Å². The maximum Gasteiger partial charge on any atom is 0.229 e. The molecule has 2 heterocycles. The van der Waals surface area contributed by atoms with Crippen LogP contribution in [0.1, 0.15) is 19.8 Å². The highest BCUT2D eigenvalue weighted by Crippen LogP contribution is 2.29. The monoisotopic (exact) mass is 349 g/mol. The Morgan fingerprint density at radius 3 is 2.80 bits per heavy atom. The van der Waals surface area contributed by atoms with E-state index >= 15 is 0 Å². The van der Waals surface area contributed by atoms with Crippen molar-refractivity contribution in [2.75, 3.05) is 49.6 Å². The summed E-state index contributed by atoms with van der Waals surface area (Å²) in [5.41, 5.74) is 1.27. The van der Waals surface area contributed by atoms with Crippen molar-refractivity contribution in [2.45, 2.75) is 19.8 Å². The number of halogens is 1. The fourth-order valence-corrected chi connectivity index (χ4v) is 3.33. The molecule has 3 rings (SSSR count). The Bertz CT molecular complexity index is 646. The molecule has 2 saturated heterocycles. The fourth-order valence-electron chi connectivity index (χ4n) is 3.33. The number of carbonyl (C=O) groups is 2. The first-order valence-corrected chi connectivity index (χ1v) is 8.73. The van der Waals surface area contributed by atoms with E-state index in [1.165, 1.54) is 12.1 Å². The van der Waals surface area contributed by atoms with Crippen LogP contribution in [0.25, 0.3) is 0 Å². The highest BCUT2D eigenvalue weighted by Gasteiger charge is 2.25. The molecular weight excluding hydrogens is 325 g/mol. The van der Waals surface area contributed by atoms with Gasteiger partial charge in [0.25, 0.3) is 0 Å². The summed E-state index contributed by atoms with van der Waals surface area (Å²) in [4.78, 5) is 27.9. The molecule has 25 heavy (non-hydrogen) atoms. The van der Waals surface area contributed by atoms with Gasteiger partial charge in [-0.1, -0.05) is 0 Å². The van der Waals surface area contributed by atoms with Crippen LogP contribution in [-0.4, -0.2) is 56.1 Å². The number of ether oxygens (including phenoxy) is 1. The second kappa shape index (κ2) is 7.82. The molecule has 2 aliphatic rings. The molecular formula is C18H24FN3O3. The number of nitrogens with one attached hydrogen (secondary N) is 1. The zero-order valence-corrected chi connectivity index (χ0v) is 14.5. The maximum absolute atomic E-state index is 13.7. The van der Waals surface area contributed by atoms with Crippen LogP contribution in [0.2, 0.25) is 0 Å². The van der Waals surface area contributed by atoms with Gasteiger partial charge in [0.05, 0.1) is 23.9 Å². The third-order valence-corrected chi connectivity index (χ3v) is 4.80. The number of carbonyl (C=O) groups excluding carboxylic acids is 2. The van der Waals surface area contributed by atoms with Crippen LogP contribution >= 0.6 is 0 Å². The third-order valence-electron chi connectivity index (χ3n) is 4.80. The molecule has 0 saturated carbocycles. The SMILES string of the molecule is CC(=O)N1CCCN(c2ccc(F)cc2NC(=O)[C@@H]2CCOC2)CC1. The van der Waals surface area contributed by atoms with E-state index < -0.39 is 0 Å². The molecule has 0 bridgehead atoms. The second-order valence-electron chi connectivity index (χ2n) is 6.56. The van der Waals surface area contributed by atoms with Gasteiger partial charge in [-0.15, -0.1) is 0 Å². The third kappa shape index (κ3) is 4.28. The molecule has 2 fully saturated rings. The van der Waals surface area contributed by atoms with Gasteiger partial charge >= 0.3 is 0 Å². The molecule has 1 aromatic carbocycles. The maximum atomic E-state index is 13.7. The Balaban J connectivity index is 1.76. The van der Waals surface area contributed by atoms with Crippen molar-refractivity contribution < 1.29 is 18.7 Å². The smallest absolute Gasteiger partial charge is 0.229 e. The predicted octanol–water partition coefficient (Wildman–Crippen LogP) is 1.86. The Hall–Kier alpha value is -2.15. The highest BCUT2D eigenvalue weighted by atomic mass is 19.1. The van der Waals surface area contributed by atoms with Crippen LogP contribution in [0.15, 0.2) is 18.2 Å². The Kier molecular flexibility index (Phi) is 5.53. The zero-order chi connectivity index (χ0) is 17.8. The Morgan fingerprint density at radius 2 is 2.08 bits per heavy atom. The molecule has 0 spiro atoms. The van der Waals surface area contributed by atoms with Gasteiger partial charge in [0.15, 0.2) is 0 Å². The number of benzene rings is 1. The molecule has 2 amide bonds. The molecule has 0 radical (unpaired) electrons. The van der Waals surface area contributed by atoms with Gasteiger partial charge in [-0.05, 0) is 31.0 Å². The lowest BCUT2D eigenvalue weighted by Crippen LogP contribution is -2.34. The van der Waals surface area contributed by atoms with E-state index in [1.54, 1.807) is 13.0 Å². The van der Waals surface area contributed by atoms with Crippen LogP contribution in [0.3, 0.4) is 0 Å². The van der Waals surface area contributed by atoms with E-state index in [0.717, 1.165) is 18.7 Å². The minimum absolute atomic E-state index is 0.0655. The fraction of sp³-hybridized carbons (Fsp3) is 0.556. The number of hydrogen-bond donors (Lipinski definition) is 1. The lowest BCUT2D eigenvalue weighted by Gasteiger charge is -2.26. The molecule has 0 unspecified atom stereocenters. The first-order chi connectivity index (χ1) is 12.0. The van der Waals surface area contributed by atoms with Crippen molar-refractivity contribution in [1.82, 2.24) is 4.90 Å². The van der Waals surface area contributed by atoms with Crippen molar-refractivity contribution in [3.8, 4) is 0 Å². The van der Waals surface area contributed by atoms with Gasteiger partial charge in [-0.2, -0.15) is 0 Å². The van der Waals surface area contributed by atoms with E-state index in [1.807, 2.05) is 4.90 Å². The molecule has 7 heteroatoms. The minimum atomic E-state index is -0.387. The first kappa shape index (κ1) is 17.7. The minimum Gasteiger partial charge on any atom is -0.381 e. The topological polar surface area (TPSA) is 61.9 Å². The van der Waals surface area contributed by atoms with Crippen molar-refractivity contribution in [3.63, 3.8) is 0 Å². The largest absolute Gasteiger partial charge is 0.381 e. The van der Waals surface area contributed by atoms with Crippen LogP contribution < -0.4 is 10.2 Å². The van der Waals surface area contributed by atoms with Crippen molar-refractivity contribution >= 4 is 23.2 Å². The molecule has 2 aliphatic heterocycles. The molecule has 136 valence electrons. The number of anilines is 2. The van der Waals surface area contributed by atoms with Gasteiger partial charge in [-0.25, -0.2) is 4.39 Å². The standard InChI is InChI=1S/C18H24FN3O3/c1-13(23)21-6-2-7-22(9-8-21)17-4-3-15(19)11-16(17)20-18(24)14-5-10-25-12-14/h3-4,11,14H,2,5-10,12H2,1H3,(H,20,24)/t14-/m1/s1. The second-order valence-corrected chi connectivity index (χ2v) is 6.56. The molecule has 0 aliphatic carbocycles. The van der Waals surface area contributed by atoms with Crippen molar-refractivity contribution in [3.05, 3.63) is 24.0 Å². The quantitative estimate of drug-likeness (QED) is 0.905. The highest BCUT2D eigenvalue weighted by molar-refractivity contribution is 5.96. The summed E-state index contributed by atoms with van der Waals surface area (Å²) in [5.74, 6) is -0.643. The van der Waals surface area contributed by atoms with E-state index in [9.17, 15) is 14.0 Å². The van der Waals surface area contributed by atoms with Crippen molar-refractivity contribution in [2.24, 2.45) is 5.92 Å². The van der Waals surface area contributed by atoms with Gasteiger partial charge in [0.2, 0.25) is 11.8 Å². The lowest BCUT2D eigenvalue weighted by atomic mass is 10.1. The summed E-state index contributed by atoms with van der Waals surface area (Å²) in [6, 6.07) is 4.45. The van der Waals surface area contributed by atoms with Crippen LogP contribution in [0.4, 0.5) is 15.8 Å². The Morgan fingerprint density at radius 1 is 1.24 bits per heavy atom. The molecule has 1 N–H and O–H groups in total. The number of rotatable bonds is 3. The van der Waals surface area contributed by atoms with Gasteiger partial charge in [-0.3, -0.25) is 9.59 Å². The molecule has 6 nitrogen and oxygen atoms in total. The van der Waals surface area contributed by atoms with E-state index in [-0.39, 0.29) is 23.5 Å². The summed E-state index contributed by atoms with van der Waals surface area (Å²) in [6.45, 7) is 5.31. The van der Waals surface area contributed by atoms with Gasteiger partial charge in [0, 0.05) is 39.7 Å². The average molecular weight is 349 g/mol. The Labute approximate surface area is 146 Å². The predicted molar refractivity (Wildman–Crippen MR) is 93.0 cm³/mol. The first-order valence-electron chi connectivity index (χ1n) is 8.73. The zero-order valence-electron chi connectivity index (χ0n) is 14.5. The number of nitrogens with zero attached hydrogens (tertiary/aromatic N) is 2. The van der Waals surface area contributed by atoms with Gasteiger partial charge < -0.3 is 19.9 Å². The van der Waals surface area contributed by atoms with Crippen molar-refractivity contribution in [1.29, 1.82) is 0 Å². The summed E-state index contributed by atoms with van der Waals surface area (Å²) in [5, 5.41) is 2.86. The average Bonchev–Trinajstić information content (AvgIpc) is 3.00. The number of amides is 2. The molecule has 0 aromatic heterocycles. The molecule has 1 aromatic rings.